The van der Waals surface area contributed by atoms with Crippen molar-refractivity contribution in [2.45, 2.75) is 19.6 Å². The summed E-state index contributed by atoms with van der Waals surface area (Å²) in [5.74, 6) is 0.799. The number of morpholine rings is 1. The van der Waals surface area contributed by atoms with Crippen LogP contribution in [0.4, 0.5) is 10.5 Å². The van der Waals surface area contributed by atoms with E-state index in [0.29, 0.717) is 19.7 Å². The molecule has 0 radical (unpaired) electrons. The van der Waals surface area contributed by atoms with E-state index in [1.165, 1.54) is 0 Å². The molecule has 3 aromatic rings. The maximum atomic E-state index is 13.2. The van der Waals surface area contributed by atoms with Gasteiger partial charge >= 0.3 is 6.03 Å². The molecular weight excluding hydrogens is 506 g/mol. The van der Waals surface area contributed by atoms with E-state index >= 15 is 0 Å². The first kappa shape index (κ1) is 25.2. The number of carbonyl (C=O) groups is 1. The highest BCUT2D eigenvalue weighted by Crippen LogP contribution is 2.19. The number of hydrogen-bond acceptors (Lipinski definition) is 4. The van der Waals surface area contributed by atoms with Crippen molar-refractivity contribution in [2.24, 2.45) is 0 Å². The second-order valence-corrected chi connectivity index (χ2v) is 9.50. The van der Waals surface area contributed by atoms with Crippen molar-refractivity contribution >= 4 is 27.6 Å². The Bertz CT molecular complexity index is 1060. The van der Waals surface area contributed by atoms with Crippen molar-refractivity contribution in [1.82, 2.24) is 9.80 Å². The molecule has 184 valence electrons. The zero-order chi connectivity index (χ0) is 24.3. The Morgan fingerprint density at radius 2 is 1.71 bits per heavy atom. The summed E-state index contributed by atoms with van der Waals surface area (Å²) in [6, 6.07) is 25.6. The number of nitrogens with one attached hydrogen (secondary N) is 1. The average Bonchev–Trinajstić information content (AvgIpc) is 2.90. The van der Waals surface area contributed by atoms with Crippen LogP contribution in [0.3, 0.4) is 0 Å². The van der Waals surface area contributed by atoms with Crippen LogP contribution in [-0.4, -0.2) is 55.2 Å². The third-order valence-corrected chi connectivity index (χ3v) is 6.44. The van der Waals surface area contributed by atoms with E-state index in [2.05, 4.69) is 26.1 Å². The number of carbonyl (C=O) groups excluding carboxylic acids is 1. The van der Waals surface area contributed by atoms with E-state index in [0.717, 1.165) is 66.3 Å². The SMILES string of the molecule is O=C(Nc1ccc(Br)cc1)N(CCCN1CCOCC1)Cc1cccc(OCc2ccccc2)c1. The molecule has 0 aromatic heterocycles. The van der Waals surface area contributed by atoms with Gasteiger partial charge in [-0.3, -0.25) is 4.90 Å². The Balaban J connectivity index is 1.39. The van der Waals surface area contributed by atoms with Crippen LogP contribution in [-0.2, 0) is 17.9 Å². The molecule has 1 aliphatic heterocycles. The second kappa shape index (κ2) is 13.3. The van der Waals surface area contributed by atoms with Crippen molar-refractivity contribution < 1.29 is 14.3 Å². The average molecular weight is 538 g/mol. The van der Waals surface area contributed by atoms with E-state index in [1.807, 2.05) is 83.8 Å². The van der Waals surface area contributed by atoms with E-state index < -0.39 is 0 Å². The summed E-state index contributed by atoms with van der Waals surface area (Å²) in [4.78, 5) is 17.5. The number of hydrogen-bond donors (Lipinski definition) is 1. The molecule has 1 N–H and O–H groups in total. The lowest BCUT2D eigenvalue weighted by molar-refractivity contribution is 0.0365. The number of ether oxygens (including phenoxy) is 2. The zero-order valence-electron chi connectivity index (χ0n) is 19.9. The minimum atomic E-state index is -0.107. The van der Waals surface area contributed by atoms with Crippen LogP contribution in [0.2, 0.25) is 0 Å². The van der Waals surface area contributed by atoms with Crippen LogP contribution in [0, 0.1) is 0 Å². The Hall–Kier alpha value is -2.87. The molecule has 0 saturated carbocycles. The number of halogens is 1. The van der Waals surface area contributed by atoms with Gasteiger partial charge in [-0.25, -0.2) is 4.79 Å². The lowest BCUT2D eigenvalue weighted by Gasteiger charge is -2.28. The quantitative estimate of drug-likeness (QED) is 0.356. The van der Waals surface area contributed by atoms with Gasteiger partial charge in [-0.2, -0.15) is 0 Å². The Kier molecular flexibility index (Phi) is 9.57. The molecule has 2 amide bonds. The highest BCUT2D eigenvalue weighted by atomic mass is 79.9. The number of amides is 2. The summed E-state index contributed by atoms with van der Waals surface area (Å²) >= 11 is 3.44. The van der Waals surface area contributed by atoms with Crippen LogP contribution in [0.25, 0.3) is 0 Å². The highest BCUT2D eigenvalue weighted by Gasteiger charge is 2.16. The summed E-state index contributed by atoms with van der Waals surface area (Å²) in [5.41, 5.74) is 2.93. The summed E-state index contributed by atoms with van der Waals surface area (Å²) in [5, 5.41) is 3.04. The molecule has 0 bridgehead atoms. The van der Waals surface area contributed by atoms with Crippen molar-refractivity contribution in [3.05, 3.63) is 94.5 Å². The molecule has 7 heteroatoms. The van der Waals surface area contributed by atoms with Crippen molar-refractivity contribution in [3.8, 4) is 5.75 Å². The number of rotatable bonds is 10. The molecule has 0 aliphatic carbocycles. The predicted octanol–water partition coefficient (Wildman–Crippen LogP) is 5.78. The van der Waals surface area contributed by atoms with Gasteiger partial charge in [0.2, 0.25) is 0 Å². The van der Waals surface area contributed by atoms with E-state index in [9.17, 15) is 4.79 Å². The van der Waals surface area contributed by atoms with Crippen LogP contribution in [0.5, 0.6) is 5.75 Å². The molecule has 35 heavy (non-hydrogen) atoms. The molecule has 0 spiro atoms. The van der Waals surface area contributed by atoms with Gasteiger partial charge in [0.05, 0.1) is 13.2 Å². The summed E-state index contributed by atoms with van der Waals surface area (Å²) in [7, 11) is 0. The molecule has 3 aromatic carbocycles. The topological polar surface area (TPSA) is 54.0 Å². The fraction of sp³-hybridized carbons (Fsp3) is 0.321. The van der Waals surface area contributed by atoms with E-state index in [-0.39, 0.29) is 6.03 Å². The largest absolute Gasteiger partial charge is 0.489 e. The standard InChI is InChI=1S/C28H32BrN3O3/c29-25-10-12-26(13-11-25)30-28(33)32(15-5-14-31-16-18-34-19-17-31)21-24-8-4-9-27(20-24)35-22-23-6-2-1-3-7-23/h1-4,6-13,20H,5,14-19,21-22H2,(H,30,33). The molecule has 6 nitrogen and oxygen atoms in total. The van der Waals surface area contributed by atoms with Gasteiger partial charge in [-0.05, 0) is 53.9 Å². The second-order valence-electron chi connectivity index (χ2n) is 8.59. The fourth-order valence-corrected chi connectivity index (χ4v) is 4.26. The lowest BCUT2D eigenvalue weighted by atomic mass is 10.2. The van der Waals surface area contributed by atoms with Crippen molar-refractivity contribution in [3.63, 3.8) is 0 Å². The van der Waals surface area contributed by atoms with E-state index in [4.69, 9.17) is 9.47 Å². The third-order valence-electron chi connectivity index (χ3n) is 5.91. The van der Waals surface area contributed by atoms with Crippen LogP contribution in [0.15, 0.2) is 83.3 Å². The van der Waals surface area contributed by atoms with Crippen LogP contribution in [0.1, 0.15) is 17.5 Å². The lowest BCUT2D eigenvalue weighted by Crippen LogP contribution is -2.40. The molecule has 1 saturated heterocycles. The van der Waals surface area contributed by atoms with Crippen molar-refractivity contribution in [2.75, 3.05) is 44.7 Å². The monoisotopic (exact) mass is 537 g/mol. The smallest absolute Gasteiger partial charge is 0.322 e. The third kappa shape index (κ3) is 8.38. The first-order chi connectivity index (χ1) is 17.2. The Morgan fingerprint density at radius 3 is 2.49 bits per heavy atom. The number of nitrogens with zero attached hydrogens (tertiary/aromatic N) is 2. The van der Waals surface area contributed by atoms with Gasteiger partial charge in [0.25, 0.3) is 0 Å². The fourth-order valence-electron chi connectivity index (χ4n) is 3.99. The van der Waals surface area contributed by atoms with Gasteiger partial charge < -0.3 is 19.7 Å². The number of benzene rings is 3. The first-order valence-corrected chi connectivity index (χ1v) is 12.8. The zero-order valence-corrected chi connectivity index (χ0v) is 21.5. The molecule has 0 unspecified atom stereocenters. The van der Waals surface area contributed by atoms with Gasteiger partial charge in [0, 0.05) is 42.9 Å². The predicted molar refractivity (Wildman–Crippen MR) is 143 cm³/mol. The minimum Gasteiger partial charge on any atom is -0.489 e. The van der Waals surface area contributed by atoms with Gasteiger partial charge in [-0.15, -0.1) is 0 Å². The van der Waals surface area contributed by atoms with Crippen molar-refractivity contribution in [1.29, 1.82) is 0 Å². The normalized spacial score (nSPS) is 13.9. The minimum absolute atomic E-state index is 0.107. The van der Waals surface area contributed by atoms with Gasteiger partial charge in [0.15, 0.2) is 0 Å². The molecule has 1 fully saturated rings. The summed E-state index contributed by atoms with van der Waals surface area (Å²) < 4.78 is 12.4. The van der Waals surface area contributed by atoms with Crippen LogP contribution >= 0.6 is 15.9 Å². The summed E-state index contributed by atoms with van der Waals surface area (Å²) in [6.07, 6.45) is 0.901. The Morgan fingerprint density at radius 1 is 0.971 bits per heavy atom. The molecule has 4 rings (SSSR count). The number of urea groups is 1. The van der Waals surface area contributed by atoms with Gasteiger partial charge in [-0.1, -0.05) is 58.4 Å². The maximum Gasteiger partial charge on any atom is 0.322 e. The highest BCUT2D eigenvalue weighted by molar-refractivity contribution is 9.10. The molecular formula is C28H32BrN3O3. The van der Waals surface area contributed by atoms with E-state index in [1.54, 1.807) is 0 Å². The van der Waals surface area contributed by atoms with Gasteiger partial charge in [0.1, 0.15) is 12.4 Å². The number of anilines is 1. The molecule has 1 aliphatic rings. The Labute approximate surface area is 216 Å². The molecule has 1 heterocycles. The van der Waals surface area contributed by atoms with Crippen LogP contribution < -0.4 is 10.1 Å². The molecule has 0 atom stereocenters. The maximum absolute atomic E-state index is 13.2. The summed E-state index contributed by atoms with van der Waals surface area (Å²) in [6.45, 7) is 6.09. The first-order valence-electron chi connectivity index (χ1n) is 12.0.